The average molecular weight is 209 g/mol. The standard InChI is InChI=1S/C11H9ClO2/c12-10-3-1-2-8(6-10)11(13)9-4-5-14-7-9/h1-3,6-7H,4-5H2. The number of rotatable bonds is 2. The van der Waals surface area contributed by atoms with Crippen LogP contribution < -0.4 is 0 Å². The number of ether oxygens (including phenoxy) is 1. The molecule has 0 radical (unpaired) electrons. The molecule has 0 N–H and O–H groups in total. The average Bonchev–Trinajstić information content (AvgIpc) is 2.69. The first-order valence-electron chi connectivity index (χ1n) is 4.38. The molecule has 0 unspecified atom stereocenters. The smallest absolute Gasteiger partial charge is 0.192 e. The lowest BCUT2D eigenvalue weighted by Crippen LogP contribution is -2.01. The molecular weight excluding hydrogens is 200 g/mol. The molecule has 0 aromatic heterocycles. The summed E-state index contributed by atoms with van der Waals surface area (Å²) in [6.45, 7) is 0.599. The Balaban J connectivity index is 2.27. The molecule has 0 saturated carbocycles. The molecule has 0 fully saturated rings. The zero-order valence-corrected chi connectivity index (χ0v) is 8.25. The Bertz CT molecular complexity index is 396. The molecule has 0 amide bonds. The molecule has 0 saturated heterocycles. The van der Waals surface area contributed by atoms with Gasteiger partial charge in [-0.1, -0.05) is 23.7 Å². The monoisotopic (exact) mass is 208 g/mol. The van der Waals surface area contributed by atoms with Gasteiger partial charge in [0.15, 0.2) is 5.78 Å². The Morgan fingerprint density at radius 3 is 2.93 bits per heavy atom. The van der Waals surface area contributed by atoms with Gasteiger partial charge in [0.05, 0.1) is 12.9 Å². The third kappa shape index (κ3) is 1.80. The Morgan fingerprint density at radius 1 is 1.43 bits per heavy atom. The molecule has 1 aliphatic heterocycles. The normalized spacial score (nSPS) is 14.8. The zero-order valence-electron chi connectivity index (χ0n) is 7.50. The predicted molar refractivity (Wildman–Crippen MR) is 54.4 cm³/mol. The minimum absolute atomic E-state index is 0.00463. The minimum Gasteiger partial charge on any atom is -0.500 e. The molecule has 72 valence electrons. The van der Waals surface area contributed by atoms with Gasteiger partial charge in [0.25, 0.3) is 0 Å². The fraction of sp³-hybridized carbons (Fsp3) is 0.182. The number of Topliss-reactive ketones (excluding diaryl/α,β-unsaturated/α-hetero) is 1. The van der Waals surface area contributed by atoms with E-state index in [4.69, 9.17) is 16.3 Å². The lowest BCUT2D eigenvalue weighted by atomic mass is 10.0. The summed E-state index contributed by atoms with van der Waals surface area (Å²) in [5, 5.41) is 0.579. The molecule has 0 spiro atoms. The fourth-order valence-corrected chi connectivity index (χ4v) is 1.56. The van der Waals surface area contributed by atoms with Crippen LogP contribution in [0.25, 0.3) is 0 Å². The minimum atomic E-state index is 0.00463. The van der Waals surface area contributed by atoms with Gasteiger partial charge in [-0.05, 0) is 12.1 Å². The van der Waals surface area contributed by atoms with Gasteiger partial charge in [-0.3, -0.25) is 4.79 Å². The highest BCUT2D eigenvalue weighted by Gasteiger charge is 2.16. The summed E-state index contributed by atoms with van der Waals surface area (Å²) in [6.07, 6.45) is 2.22. The van der Waals surface area contributed by atoms with E-state index >= 15 is 0 Å². The summed E-state index contributed by atoms with van der Waals surface area (Å²) < 4.78 is 5.01. The van der Waals surface area contributed by atoms with Crippen molar-refractivity contribution >= 4 is 17.4 Å². The number of carbonyl (C=O) groups excluding carboxylic acids is 1. The van der Waals surface area contributed by atoms with E-state index in [0.29, 0.717) is 29.2 Å². The van der Waals surface area contributed by atoms with Crippen LogP contribution in [0.15, 0.2) is 36.1 Å². The Morgan fingerprint density at radius 2 is 2.29 bits per heavy atom. The maximum absolute atomic E-state index is 11.8. The molecule has 14 heavy (non-hydrogen) atoms. The molecule has 0 aliphatic carbocycles. The van der Waals surface area contributed by atoms with Crippen molar-refractivity contribution in [1.29, 1.82) is 0 Å². The van der Waals surface area contributed by atoms with Crippen LogP contribution in [-0.4, -0.2) is 12.4 Å². The van der Waals surface area contributed by atoms with E-state index in [2.05, 4.69) is 0 Å². The Kier molecular flexibility index (Phi) is 2.55. The van der Waals surface area contributed by atoms with Crippen LogP contribution in [-0.2, 0) is 4.74 Å². The van der Waals surface area contributed by atoms with Gasteiger partial charge < -0.3 is 4.74 Å². The lowest BCUT2D eigenvalue weighted by molar-refractivity contribution is 0.103. The summed E-state index contributed by atoms with van der Waals surface area (Å²) >= 11 is 5.79. The second kappa shape index (κ2) is 3.84. The van der Waals surface area contributed by atoms with Gasteiger partial charge in [-0.2, -0.15) is 0 Å². The quantitative estimate of drug-likeness (QED) is 0.699. The van der Waals surface area contributed by atoms with Crippen LogP contribution in [0.1, 0.15) is 16.8 Å². The van der Waals surface area contributed by atoms with Crippen molar-refractivity contribution in [2.75, 3.05) is 6.61 Å². The topological polar surface area (TPSA) is 26.3 Å². The SMILES string of the molecule is O=C(C1=COCC1)c1cccc(Cl)c1. The first-order valence-corrected chi connectivity index (χ1v) is 4.76. The van der Waals surface area contributed by atoms with Gasteiger partial charge in [-0.25, -0.2) is 0 Å². The van der Waals surface area contributed by atoms with Crippen molar-refractivity contribution in [3.8, 4) is 0 Å². The predicted octanol–water partition coefficient (Wildman–Crippen LogP) is 2.83. The summed E-state index contributed by atoms with van der Waals surface area (Å²) in [4.78, 5) is 11.8. The second-order valence-corrected chi connectivity index (χ2v) is 3.54. The van der Waals surface area contributed by atoms with E-state index in [1.54, 1.807) is 24.3 Å². The summed E-state index contributed by atoms with van der Waals surface area (Å²) in [5.41, 5.74) is 1.33. The maximum atomic E-state index is 11.8. The maximum Gasteiger partial charge on any atom is 0.192 e. The number of hydrogen-bond donors (Lipinski definition) is 0. The Hall–Kier alpha value is -1.28. The van der Waals surface area contributed by atoms with E-state index in [1.165, 1.54) is 6.26 Å². The molecule has 0 atom stereocenters. The van der Waals surface area contributed by atoms with E-state index < -0.39 is 0 Å². The largest absolute Gasteiger partial charge is 0.500 e. The fourth-order valence-electron chi connectivity index (χ4n) is 1.37. The van der Waals surface area contributed by atoms with Gasteiger partial charge in [0.2, 0.25) is 0 Å². The first-order chi connectivity index (χ1) is 6.77. The van der Waals surface area contributed by atoms with Crippen molar-refractivity contribution in [2.45, 2.75) is 6.42 Å². The lowest BCUT2D eigenvalue weighted by Gasteiger charge is -1.99. The second-order valence-electron chi connectivity index (χ2n) is 3.10. The third-order valence-corrected chi connectivity index (χ3v) is 2.33. The van der Waals surface area contributed by atoms with Crippen molar-refractivity contribution in [1.82, 2.24) is 0 Å². The molecule has 1 heterocycles. The van der Waals surface area contributed by atoms with E-state index in [0.717, 1.165) is 0 Å². The van der Waals surface area contributed by atoms with Crippen LogP contribution in [0.4, 0.5) is 0 Å². The number of halogens is 1. The first kappa shape index (κ1) is 9.28. The van der Waals surface area contributed by atoms with Crippen LogP contribution in [0.5, 0.6) is 0 Å². The van der Waals surface area contributed by atoms with E-state index in [-0.39, 0.29) is 5.78 Å². The third-order valence-electron chi connectivity index (χ3n) is 2.09. The molecule has 0 bridgehead atoms. The van der Waals surface area contributed by atoms with Crippen molar-refractivity contribution in [3.63, 3.8) is 0 Å². The number of carbonyl (C=O) groups is 1. The van der Waals surface area contributed by atoms with Crippen molar-refractivity contribution in [2.24, 2.45) is 0 Å². The summed E-state index contributed by atoms with van der Waals surface area (Å²) in [5.74, 6) is 0.00463. The number of benzene rings is 1. The molecular formula is C11H9ClO2. The van der Waals surface area contributed by atoms with Crippen LogP contribution in [0, 0.1) is 0 Å². The highest BCUT2D eigenvalue weighted by molar-refractivity contribution is 6.31. The van der Waals surface area contributed by atoms with Gasteiger partial charge in [-0.15, -0.1) is 0 Å². The van der Waals surface area contributed by atoms with Crippen LogP contribution >= 0.6 is 11.6 Å². The van der Waals surface area contributed by atoms with Gasteiger partial charge in [0, 0.05) is 22.6 Å². The van der Waals surface area contributed by atoms with E-state index in [9.17, 15) is 4.79 Å². The molecule has 2 nitrogen and oxygen atoms in total. The zero-order chi connectivity index (χ0) is 9.97. The molecule has 2 rings (SSSR count). The number of ketones is 1. The molecule has 3 heteroatoms. The molecule has 1 aliphatic rings. The molecule has 1 aromatic rings. The number of hydrogen-bond acceptors (Lipinski definition) is 2. The van der Waals surface area contributed by atoms with Crippen LogP contribution in [0.2, 0.25) is 5.02 Å². The summed E-state index contributed by atoms with van der Waals surface area (Å²) in [6, 6.07) is 6.94. The Labute approximate surface area is 87.1 Å². The highest BCUT2D eigenvalue weighted by atomic mass is 35.5. The van der Waals surface area contributed by atoms with E-state index in [1.807, 2.05) is 0 Å². The molecule has 1 aromatic carbocycles. The highest BCUT2D eigenvalue weighted by Crippen LogP contribution is 2.18. The van der Waals surface area contributed by atoms with Crippen molar-refractivity contribution < 1.29 is 9.53 Å². The van der Waals surface area contributed by atoms with Crippen LogP contribution in [0.3, 0.4) is 0 Å². The van der Waals surface area contributed by atoms with Crippen molar-refractivity contribution in [3.05, 3.63) is 46.7 Å². The summed E-state index contributed by atoms with van der Waals surface area (Å²) in [7, 11) is 0. The van der Waals surface area contributed by atoms with Gasteiger partial charge >= 0.3 is 0 Å². The van der Waals surface area contributed by atoms with Gasteiger partial charge in [0.1, 0.15) is 0 Å².